The summed E-state index contributed by atoms with van der Waals surface area (Å²) in [5.74, 6) is -1.76. The molecule has 1 unspecified atom stereocenters. The molecular weight excluding hydrogens is 313 g/mol. The van der Waals surface area contributed by atoms with Crippen LogP contribution < -0.4 is 0 Å². The fourth-order valence-electron chi connectivity index (χ4n) is 2.60. The number of aryl methyl sites for hydroxylation is 1. The highest BCUT2D eigenvalue weighted by Gasteiger charge is 2.26. The Morgan fingerprint density at radius 2 is 1.71 bits per heavy atom. The van der Waals surface area contributed by atoms with Crippen molar-refractivity contribution < 1.29 is 23.5 Å². The summed E-state index contributed by atoms with van der Waals surface area (Å²) in [6, 6.07) is 4.85. The maximum absolute atomic E-state index is 12.9. The Labute approximate surface area is 138 Å². The van der Waals surface area contributed by atoms with E-state index in [9.17, 15) is 18.8 Å². The standard InChI is InChI=1S/C18H18FNO4/c1-9-15(11(3)21)10(2)20-16(9)17(22)12(4)24-18(23)13-5-7-14(19)8-6-13/h5-8,12,20H,1-4H3. The first-order valence-electron chi connectivity index (χ1n) is 7.43. The molecule has 0 fully saturated rings. The number of ether oxygens (including phenoxy) is 1. The molecule has 24 heavy (non-hydrogen) atoms. The SMILES string of the molecule is CC(=O)c1c(C)[nH]c(C(=O)C(C)OC(=O)c2ccc(F)cc2)c1C. The number of aromatic amines is 1. The van der Waals surface area contributed by atoms with Gasteiger partial charge in [0.1, 0.15) is 5.82 Å². The fraction of sp³-hybridized carbons (Fsp3) is 0.278. The molecule has 0 amide bonds. The van der Waals surface area contributed by atoms with Gasteiger partial charge in [-0.2, -0.15) is 0 Å². The van der Waals surface area contributed by atoms with Crippen LogP contribution in [0.5, 0.6) is 0 Å². The van der Waals surface area contributed by atoms with Gasteiger partial charge in [0.05, 0.1) is 11.3 Å². The zero-order valence-electron chi connectivity index (χ0n) is 13.9. The molecule has 0 aliphatic heterocycles. The maximum atomic E-state index is 12.9. The highest BCUT2D eigenvalue weighted by atomic mass is 19.1. The van der Waals surface area contributed by atoms with Gasteiger partial charge in [-0.3, -0.25) is 9.59 Å². The molecule has 0 radical (unpaired) electrons. The van der Waals surface area contributed by atoms with Crippen LogP contribution in [-0.2, 0) is 4.74 Å². The summed E-state index contributed by atoms with van der Waals surface area (Å²) in [7, 11) is 0. The van der Waals surface area contributed by atoms with E-state index in [2.05, 4.69) is 4.98 Å². The number of ketones is 2. The van der Waals surface area contributed by atoms with Crippen molar-refractivity contribution >= 4 is 17.5 Å². The van der Waals surface area contributed by atoms with E-state index in [1.54, 1.807) is 13.8 Å². The number of nitrogens with one attached hydrogen (secondary N) is 1. The number of hydrogen-bond donors (Lipinski definition) is 1. The second-order valence-corrected chi connectivity index (χ2v) is 5.60. The number of rotatable bonds is 5. The topological polar surface area (TPSA) is 76.2 Å². The number of benzene rings is 1. The van der Waals surface area contributed by atoms with Crippen LogP contribution in [0.4, 0.5) is 4.39 Å². The Hall–Kier alpha value is -2.76. The molecule has 0 saturated heterocycles. The predicted molar refractivity (Wildman–Crippen MR) is 85.9 cm³/mol. The summed E-state index contributed by atoms with van der Waals surface area (Å²) in [6.45, 7) is 6.25. The molecule has 1 aromatic carbocycles. The average molecular weight is 331 g/mol. The lowest BCUT2D eigenvalue weighted by Crippen LogP contribution is -2.25. The van der Waals surface area contributed by atoms with Crippen molar-refractivity contribution in [1.29, 1.82) is 0 Å². The third-order valence-electron chi connectivity index (χ3n) is 3.77. The van der Waals surface area contributed by atoms with Crippen molar-refractivity contribution in [3.63, 3.8) is 0 Å². The van der Waals surface area contributed by atoms with Crippen molar-refractivity contribution in [2.24, 2.45) is 0 Å². The minimum absolute atomic E-state index is 0.142. The van der Waals surface area contributed by atoms with Gasteiger partial charge in [-0.05, 0) is 57.5 Å². The first-order chi connectivity index (χ1) is 11.2. The van der Waals surface area contributed by atoms with Crippen LogP contribution >= 0.6 is 0 Å². The van der Waals surface area contributed by atoms with Crippen LogP contribution in [-0.4, -0.2) is 28.6 Å². The molecule has 5 nitrogen and oxygen atoms in total. The molecule has 0 spiro atoms. The Kier molecular flexibility index (Phi) is 4.97. The van der Waals surface area contributed by atoms with E-state index in [4.69, 9.17) is 4.74 Å². The predicted octanol–water partition coefficient (Wildman–Crippen LogP) is 3.40. The van der Waals surface area contributed by atoms with Crippen molar-refractivity contribution in [1.82, 2.24) is 4.98 Å². The van der Waals surface area contributed by atoms with Gasteiger partial charge in [0.25, 0.3) is 0 Å². The Morgan fingerprint density at radius 3 is 2.21 bits per heavy atom. The third-order valence-corrected chi connectivity index (χ3v) is 3.77. The van der Waals surface area contributed by atoms with Crippen molar-refractivity contribution in [2.45, 2.75) is 33.8 Å². The number of halogens is 1. The molecule has 0 bridgehead atoms. The quantitative estimate of drug-likeness (QED) is 0.673. The Balaban J connectivity index is 2.18. The minimum Gasteiger partial charge on any atom is -0.451 e. The van der Waals surface area contributed by atoms with Gasteiger partial charge in [-0.15, -0.1) is 0 Å². The third kappa shape index (κ3) is 3.42. The number of esters is 1. The second kappa shape index (κ2) is 6.78. The van der Waals surface area contributed by atoms with Gasteiger partial charge in [0, 0.05) is 11.3 Å². The molecule has 2 rings (SSSR count). The molecule has 2 aromatic rings. The number of hydrogen-bond acceptors (Lipinski definition) is 4. The summed E-state index contributed by atoms with van der Waals surface area (Å²) < 4.78 is 18.0. The van der Waals surface area contributed by atoms with Gasteiger partial charge in [-0.25, -0.2) is 9.18 Å². The monoisotopic (exact) mass is 331 g/mol. The fourth-order valence-corrected chi connectivity index (χ4v) is 2.60. The average Bonchev–Trinajstić information content (AvgIpc) is 2.81. The van der Waals surface area contributed by atoms with Crippen LogP contribution in [0, 0.1) is 19.7 Å². The molecule has 1 atom stereocenters. The molecule has 126 valence electrons. The van der Waals surface area contributed by atoms with Crippen LogP contribution in [0.25, 0.3) is 0 Å². The lowest BCUT2D eigenvalue weighted by Gasteiger charge is -2.12. The Morgan fingerprint density at radius 1 is 1.12 bits per heavy atom. The van der Waals surface area contributed by atoms with E-state index in [0.717, 1.165) is 12.1 Å². The molecule has 0 saturated carbocycles. The molecule has 1 aromatic heterocycles. The number of carbonyl (C=O) groups is 3. The lowest BCUT2D eigenvalue weighted by atomic mass is 10.0. The van der Waals surface area contributed by atoms with E-state index in [1.807, 2.05) is 0 Å². The zero-order valence-corrected chi connectivity index (χ0v) is 13.9. The minimum atomic E-state index is -1.04. The number of carbonyl (C=O) groups excluding carboxylic acids is 3. The summed E-state index contributed by atoms with van der Waals surface area (Å²) >= 11 is 0. The molecule has 1 N–H and O–H groups in total. The summed E-state index contributed by atoms with van der Waals surface area (Å²) in [6.07, 6.45) is -1.04. The first kappa shape index (κ1) is 17.6. The number of aromatic nitrogens is 1. The molecule has 1 heterocycles. The lowest BCUT2D eigenvalue weighted by molar-refractivity contribution is 0.0317. The van der Waals surface area contributed by atoms with E-state index in [1.165, 1.54) is 26.0 Å². The Bertz CT molecular complexity index is 805. The van der Waals surface area contributed by atoms with Gasteiger partial charge in [0.15, 0.2) is 11.9 Å². The van der Waals surface area contributed by atoms with E-state index >= 15 is 0 Å². The van der Waals surface area contributed by atoms with Crippen molar-refractivity contribution in [3.05, 3.63) is 58.2 Å². The number of Topliss-reactive ketones (excluding diaryl/α,β-unsaturated/α-hetero) is 2. The second-order valence-electron chi connectivity index (χ2n) is 5.60. The van der Waals surface area contributed by atoms with Gasteiger partial charge < -0.3 is 9.72 Å². The molecular formula is C18H18FNO4. The van der Waals surface area contributed by atoms with Crippen molar-refractivity contribution in [3.8, 4) is 0 Å². The van der Waals surface area contributed by atoms with E-state index < -0.39 is 23.7 Å². The summed E-state index contributed by atoms with van der Waals surface area (Å²) in [4.78, 5) is 39.0. The van der Waals surface area contributed by atoms with E-state index in [-0.39, 0.29) is 17.0 Å². The van der Waals surface area contributed by atoms with Gasteiger partial charge >= 0.3 is 5.97 Å². The molecule has 0 aliphatic carbocycles. The maximum Gasteiger partial charge on any atom is 0.338 e. The first-order valence-corrected chi connectivity index (χ1v) is 7.43. The largest absolute Gasteiger partial charge is 0.451 e. The number of H-pyrrole nitrogens is 1. The smallest absolute Gasteiger partial charge is 0.338 e. The normalized spacial score (nSPS) is 11.9. The van der Waals surface area contributed by atoms with Crippen LogP contribution in [0.1, 0.15) is 56.3 Å². The van der Waals surface area contributed by atoms with Crippen LogP contribution in [0.15, 0.2) is 24.3 Å². The molecule has 6 heteroatoms. The van der Waals surface area contributed by atoms with Crippen LogP contribution in [0.2, 0.25) is 0 Å². The summed E-state index contributed by atoms with van der Waals surface area (Å²) in [5.41, 5.74) is 2.00. The highest BCUT2D eigenvalue weighted by Crippen LogP contribution is 2.20. The van der Waals surface area contributed by atoms with Crippen LogP contribution in [0.3, 0.4) is 0 Å². The van der Waals surface area contributed by atoms with Gasteiger partial charge in [0.2, 0.25) is 5.78 Å². The van der Waals surface area contributed by atoms with Gasteiger partial charge in [-0.1, -0.05) is 0 Å². The molecule has 0 aliphatic rings. The van der Waals surface area contributed by atoms with E-state index in [0.29, 0.717) is 16.8 Å². The van der Waals surface area contributed by atoms with Crippen molar-refractivity contribution in [2.75, 3.05) is 0 Å². The summed E-state index contributed by atoms with van der Waals surface area (Å²) in [5, 5.41) is 0. The highest BCUT2D eigenvalue weighted by molar-refractivity contribution is 6.05. The zero-order chi connectivity index (χ0) is 18.0.